The van der Waals surface area contributed by atoms with Gasteiger partial charge in [0, 0.05) is 12.8 Å². The first-order valence-corrected chi connectivity index (χ1v) is 16.3. The standard InChI is InChI=1S/C32H56N2O8/c1-7-9-11-13-15-17-25(35)33-27(21(3)4)31(37)41-23-19-39-30-24(20-40-29(23)30)42-32(38)28(22(5)6)34-26(36)18-16-14-12-10-8-2/h21-24,27-30H,7-20H2,1-6H3,(H,33,35)(H,34,36)/t23-,24+,27?,28?,29-,30-/m1/s1. The maximum absolute atomic E-state index is 13.1. The molecule has 6 atom stereocenters. The smallest absolute Gasteiger partial charge is 0.329 e. The Labute approximate surface area is 252 Å². The van der Waals surface area contributed by atoms with Crippen molar-refractivity contribution in [2.45, 2.75) is 155 Å². The van der Waals surface area contributed by atoms with Crippen molar-refractivity contribution in [3.8, 4) is 0 Å². The van der Waals surface area contributed by atoms with E-state index >= 15 is 0 Å². The van der Waals surface area contributed by atoms with E-state index in [1.165, 1.54) is 0 Å². The Kier molecular flexibility index (Phi) is 16.4. The molecule has 10 heteroatoms. The van der Waals surface area contributed by atoms with Crippen molar-refractivity contribution in [1.29, 1.82) is 0 Å². The van der Waals surface area contributed by atoms with Gasteiger partial charge < -0.3 is 29.6 Å². The highest BCUT2D eigenvalue weighted by Crippen LogP contribution is 2.31. The zero-order chi connectivity index (χ0) is 31.1. The van der Waals surface area contributed by atoms with Crippen LogP contribution in [-0.4, -0.2) is 73.5 Å². The van der Waals surface area contributed by atoms with E-state index in [-0.39, 0.29) is 36.9 Å². The topological polar surface area (TPSA) is 129 Å². The van der Waals surface area contributed by atoms with Crippen molar-refractivity contribution >= 4 is 23.8 Å². The average Bonchev–Trinajstić information content (AvgIpc) is 3.52. The number of unbranched alkanes of at least 4 members (excludes halogenated alkanes) is 8. The van der Waals surface area contributed by atoms with E-state index in [0.717, 1.165) is 64.2 Å². The molecule has 0 saturated carbocycles. The Balaban J connectivity index is 1.85. The Bertz CT molecular complexity index is 780. The third-order valence-corrected chi connectivity index (χ3v) is 7.99. The van der Waals surface area contributed by atoms with Crippen LogP contribution in [0.2, 0.25) is 0 Å². The summed E-state index contributed by atoms with van der Waals surface area (Å²) in [5.74, 6) is -1.68. The average molecular weight is 597 g/mol. The van der Waals surface area contributed by atoms with Crippen molar-refractivity contribution < 1.29 is 38.1 Å². The molecular weight excluding hydrogens is 540 g/mol. The Morgan fingerprint density at radius 2 is 0.976 bits per heavy atom. The molecule has 0 bridgehead atoms. The fourth-order valence-electron chi connectivity index (χ4n) is 5.34. The van der Waals surface area contributed by atoms with Crippen LogP contribution in [-0.2, 0) is 38.1 Å². The van der Waals surface area contributed by atoms with Gasteiger partial charge in [0.05, 0.1) is 13.2 Å². The summed E-state index contributed by atoms with van der Waals surface area (Å²) < 4.78 is 23.2. The lowest BCUT2D eigenvalue weighted by Crippen LogP contribution is -2.48. The maximum atomic E-state index is 13.1. The minimum absolute atomic E-state index is 0.105. The second-order valence-corrected chi connectivity index (χ2v) is 12.5. The van der Waals surface area contributed by atoms with Gasteiger partial charge in [-0.25, -0.2) is 9.59 Å². The van der Waals surface area contributed by atoms with Crippen LogP contribution in [0.3, 0.4) is 0 Å². The van der Waals surface area contributed by atoms with E-state index in [0.29, 0.717) is 12.8 Å². The van der Waals surface area contributed by atoms with Crippen molar-refractivity contribution in [2.24, 2.45) is 11.8 Å². The summed E-state index contributed by atoms with van der Waals surface area (Å²) in [6.45, 7) is 11.9. The first-order chi connectivity index (χ1) is 20.1. The van der Waals surface area contributed by atoms with E-state index in [2.05, 4.69) is 24.5 Å². The molecule has 0 aromatic heterocycles. The fourth-order valence-corrected chi connectivity index (χ4v) is 5.34. The van der Waals surface area contributed by atoms with Gasteiger partial charge in [0.15, 0.2) is 12.2 Å². The summed E-state index contributed by atoms with van der Waals surface area (Å²) in [4.78, 5) is 51.1. The van der Waals surface area contributed by atoms with E-state index < -0.39 is 48.4 Å². The molecule has 2 rings (SSSR count). The van der Waals surface area contributed by atoms with Crippen molar-refractivity contribution in [3.05, 3.63) is 0 Å². The molecule has 2 aliphatic heterocycles. The van der Waals surface area contributed by atoms with Gasteiger partial charge in [-0.15, -0.1) is 0 Å². The van der Waals surface area contributed by atoms with Crippen molar-refractivity contribution in [1.82, 2.24) is 10.6 Å². The molecule has 2 aliphatic rings. The predicted molar refractivity (Wildman–Crippen MR) is 160 cm³/mol. The predicted octanol–water partition coefficient (Wildman–Crippen LogP) is 4.61. The van der Waals surface area contributed by atoms with Crippen LogP contribution in [0, 0.1) is 11.8 Å². The molecule has 42 heavy (non-hydrogen) atoms. The number of hydrogen-bond donors (Lipinski definition) is 2. The number of esters is 2. The molecule has 0 radical (unpaired) electrons. The van der Waals surface area contributed by atoms with Crippen molar-refractivity contribution in [2.75, 3.05) is 13.2 Å². The number of carbonyl (C=O) groups is 4. The maximum Gasteiger partial charge on any atom is 0.329 e. The molecular formula is C32H56N2O8. The Morgan fingerprint density at radius 1 is 0.619 bits per heavy atom. The van der Waals surface area contributed by atoms with Gasteiger partial charge >= 0.3 is 11.9 Å². The van der Waals surface area contributed by atoms with Gasteiger partial charge in [-0.3, -0.25) is 9.59 Å². The van der Waals surface area contributed by atoms with Crippen LogP contribution in [0.5, 0.6) is 0 Å². The van der Waals surface area contributed by atoms with Gasteiger partial charge in [-0.1, -0.05) is 92.9 Å². The lowest BCUT2D eigenvalue weighted by Gasteiger charge is -2.24. The SMILES string of the molecule is CCCCCCCC(=O)NC(C(=O)O[C@H]1CO[C@H]2[C@@H]1OC[C@H]2OC(=O)C(NC(=O)CCCCCCC)C(C)C)C(C)C. The summed E-state index contributed by atoms with van der Waals surface area (Å²) in [6.07, 6.45) is 8.63. The molecule has 2 unspecified atom stereocenters. The molecule has 2 N–H and O–H groups in total. The highest BCUT2D eigenvalue weighted by atomic mass is 16.7. The Morgan fingerprint density at radius 3 is 1.31 bits per heavy atom. The van der Waals surface area contributed by atoms with E-state index in [1.54, 1.807) is 0 Å². The number of hydrogen-bond acceptors (Lipinski definition) is 8. The quantitative estimate of drug-likeness (QED) is 0.154. The zero-order valence-corrected chi connectivity index (χ0v) is 26.8. The van der Waals surface area contributed by atoms with Crippen LogP contribution in [0.4, 0.5) is 0 Å². The van der Waals surface area contributed by atoms with E-state index in [4.69, 9.17) is 18.9 Å². The number of fused-ring (bicyclic) bond motifs is 1. The van der Waals surface area contributed by atoms with Gasteiger partial charge in [-0.2, -0.15) is 0 Å². The van der Waals surface area contributed by atoms with Crippen molar-refractivity contribution in [3.63, 3.8) is 0 Å². The minimum Gasteiger partial charge on any atom is -0.455 e. The number of rotatable bonds is 20. The van der Waals surface area contributed by atoms with Gasteiger partial charge in [0.25, 0.3) is 0 Å². The molecule has 0 aliphatic carbocycles. The number of carbonyl (C=O) groups excluding carboxylic acids is 4. The number of amides is 2. The first-order valence-electron chi connectivity index (χ1n) is 16.3. The highest BCUT2D eigenvalue weighted by molar-refractivity contribution is 5.85. The Hall–Kier alpha value is -2.20. The summed E-state index contributed by atoms with van der Waals surface area (Å²) in [5.41, 5.74) is 0. The van der Waals surface area contributed by atoms with Gasteiger partial charge in [0.1, 0.15) is 24.3 Å². The normalized spacial score (nSPS) is 23.0. The number of nitrogens with one attached hydrogen (secondary N) is 2. The largest absolute Gasteiger partial charge is 0.455 e. The van der Waals surface area contributed by atoms with E-state index in [9.17, 15) is 19.2 Å². The summed E-state index contributed by atoms with van der Waals surface area (Å²) in [5, 5.41) is 5.67. The highest BCUT2D eigenvalue weighted by Gasteiger charge is 2.52. The first kappa shape index (κ1) is 36.0. The molecule has 0 aromatic carbocycles. The molecule has 2 fully saturated rings. The van der Waals surface area contributed by atoms with Gasteiger partial charge in [0.2, 0.25) is 11.8 Å². The molecule has 2 saturated heterocycles. The van der Waals surface area contributed by atoms with Crippen LogP contribution >= 0.6 is 0 Å². The summed E-state index contributed by atoms with van der Waals surface area (Å²) in [7, 11) is 0. The second-order valence-electron chi connectivity index (χ2n) is 12.5. The lowest BCUT2D eigenvalue weighted by atomic mass is 10.0. The van der Waals surface area contributed by atoms with Gasteiger partial charge in [-0.05, 0) is 24.7 Å². The molecule has 10 nitrogen and oxygen atoms in total. The third kappa shape index (κ3) is 11.8. The molecule has 242 valence electrons. The second kappa shape index (κ2) is 19.2. The summed E-state index contributed by atoms with van der Waals surface area (Å²) >= 11 is 0. The van der Waals surface area contributed by atoms with Crippen LogP contribution in [0.25, 0.3) is 0 Å². The zero-order valence-electron chi connectivity index (χ0n) is 26.8. The fraction of sp³-hybridized carbons (Fsp3) is 0.875. The van der Waals surface area contributed by atoms with E-state index in [1.807, 2.05) is 27.7 Å². The molecule has 0 spiro atoms. The van der Waals surface area contributed by atoms with Crippen LogP contribution < -0.4 is 10.6 Å². The molecule has 2 amide bonds. The molecule has 0 aromatic rings. The summed E-state index contributed by atoms with van der Waals surface area (Å²) in [6, 6.07) is -1.55. The minimum atomic E-state index is -0.774. The third-order valence-electron chi connectivity index (χ3n) is 7.99. The van der Waals surface area contributed by atoms with Crippen LogP contribution in [0.1, 0.15) is 119 Å². The monoisotopic (exact) mass is 596 g/mol. The van der Waals surface area contributed by atoms with Crippen LogP contribution in [0.15, 0.2) is 0 Å². The lowest BCUT2D eigenvalue weighted by molar-refractivity contribution is -0.160. The molecule has 2 heterocycles. The number of ether oxygens (including phenoxy) is 4.